The second-order valence-electron chi connectivity index (χ2n) is 4.90. The van der Waals surface area contributed by atoms with Gasteiger partial charge in [-0.15, -0.1) is 6.42 Å². The van der Waals surface area contributed by atoms with E-state index in [0.29, 0.717) is 24.0 Å². The summed E-state index contributed by atoms with van der Waals surface area (Å²) in [6.07, 6.45) is 10.6. The molecule has 2 heterocycles. The molecule has 2 aromatic rings. The van der Waals surface area contributed by atoms with Crippen molar-refractivity contribution >= 4 is 17.8 Å². The summed E-state index contributed by atoms with van der Waals surface area (Å²) in [6.45, 7) is 1.37. The molecule has 0 N–H and O–H groups in total. The molecule has 0 aromatic carbocycles. The Bertz CT molecular complexity index is 649. The van der Waals surface area contributed by atoms with E-state index in [2.05, 4.69) is 10.9 Å². The quantitative estimate of drug-likeness (QED) is 0.604. The van der Waals surface area contributed by atoms with Gasteiger partial charge in [-0.3, -0.25) is 9.20 Å². The maximum Gasteiger partial charge on any atom is 0.170 e. The molecular formula is C15H15N3O. The van der Waals surface area contributed by atoms with Gasteiger partial charge in [0, 0.05) is 12.7 Å². The molecule has 0 aliphatic heterocycles. The van der Waals surface area contributed by atoms with Crippen LogP contribution in [-0.2, 0) is 0 Å². The third kappa shape index (κ3) is 2.19. The van der Waals surface area contributed by atoms with E-state index in [0.717, 1.165) is 18.5 Å². The van der Waals surface area contributed by atoms with E-state index in [-0.39, 0.29) is 0 Å². The number of terminal acetylenes is 1. The first-order chi connectivity index (χ1) is 9.33. The van der Waals surface area contributed by atoms with Crippen LogP contribution < -0.4 is 4.90 Å². The zero-order valence-electron chi connectivity index (χ0n) is 10.6. The number of carbonyl (C=O) groups excluding carboxylic acids is 1. The number of anilines is 1. The number of hydrogen-bond acceptors (Lipinski definition) is 3. The summed E-state index contributed by atoms with van der Waals surface area (Å²) in [5, 5.41) is 0. The maximum atomic E-state index is 11.4. The van der Waals surface area contributed by atoms with Crippen LogP contribution in [0.25, 0.3) is 5.65 Å². The molecule has 0 radical (unpaired) electrons. The highest BCUT2D eigenvalue weighted by Crippen LogP contribution is 2.32. The van der Waals surface area contributed by atoms with Gasteiger partial charge < -0.3 is 4.90 Å². The van der Waals surface area contributed by atoms with Crippen LogP contribution in [0.15, 0.2) is 24.4 Å². The molecule has 0 atom stereocenters. The third-order valence-electron chi connectivity index (χ3n) is 3.42. The molecular weight excluding hydrogens is 238 g/mol. The predicted molar refractivity (Wildman–Crippen MR) is 74.3 cm³/mol. The molecule has 0 amide bonds. The number of hydrogen-bond donors (Lipinski definition) is 0. The normalized spacial score (nSPS) is 14.3. The average molecular weight is 253 g/mol. The molecule has 1 saturated carbocycles. The summed E-state index contributed by atoms with van der Waals surface area (Å²) in [5.41, 5.74) is 1.35. The van der Waals surface area contributed by atoms with E-state index in [4.69, 9.17) is 6.42 Å². The highest BCUT2D eigenvalue weighted by atomic mass is 16.1. The van der Waals surface area contributed by atoms with Crippen molar-refractivity contribution in [1.29, 1.82) is 0 Å². The van der Waals surface area contributed by atoms with Crippen molar-refractivity contribution in [2.75, 3.05) is 18.0 Å². The minimum atomic E-state index is 0.487. The number of nitrogens with zero attached hydrogens (tertiary/aromatic N) is 3. The fourth-order valence-corrected chi connectivity index (χ4v) is 2.29. The Kier molecular flexibility index (Phi) is 2.96. The second-order valence-corrected chi connectivity index (χ2v) is 4.90. The topological polar surface area (TPSA) is 37.6 Å². The number of rotatable bonds is 5. The molecule has 1 fully saturated rings. The SMILES string of the molecule is C#CCN(CC1CC1)c1nc2ccccn2c1C=O. The van der Waals surface area contributed by atoms with Gasteiger partial charge in [-0.05, 0) is 30.9 Å². The minimum Gasteiger partial charge on any atom is -0.343 e. The number of aldehydes is 1. The Labute approximate surface area is 112 Å². The monoisotopic (exact) mass is 253 g/mol. The lowest BCUT2D eigenvalue weighted by Gasteiger charge is -2.19. The van der Waals surface area contributed by atoms with Crippen LogP contribution in [0.1, 0.15) is 23.3 Å². The van der Waals surface area contributed by atoms with Crippen LogP contribution in [0, 0.1) is 18.3 Å². The Morgan fingerprint density at radius 2 is 2.37 bits per heavy atom. The lowest BCUT2D eigenvalue weighted by atomic mass is 10.3. The zero-order chi connectivity index (χ0) is 13.2. The highest BCUT2D eigenvalue weighted by molar-refractivity contribution is 5.83. The van der Waals surface area contributed by atoms with E-state index < -0.39 is 0 Å². The first-order valence-electron chi connectivity index (χ1n) is 6.44. The molecule has 1 aliphatic rings. The van der Waals surface area contributed by atoms with E-state index >= 15 is 0 Å². The van der Waals surface area contributed by atoms with Gasteiger partial charge in [-0.2, -0.15) is 0 Å². The van der Waals surface area contributed by atoms with Gasteiger partial charge in [0.1, 0.15) is 11.3 Å². The maximum absolute atomic E-state index is 11.4. The van der Waals surface area contributed by atoms with Crippen molar-refractivity contribution in [3.63, 3.8) is 0 Å². The first kappa shape index (κ1) is 11.8. The predicted octanol–water partition coefficient (Wildman–Crippen LogP) is 2.00. The van der Waals surface area contributed by atoms with Gasteiger partial charge >= 0.3 is 0 Å². The molecule has 4 heteroatoms. The molecule has 96 valence electrons. The number of imidazole rings is 1. The van der Waals surface area contributed by atoms with Gasteiger partial charge in [-0.1, -0.05) is 12.0 Å². The van der Waals surface area contributed by atoms with Crippen molar-refractivity contribution in [3.05, 3.63) is 30.1 Å². The first-order valence-corrected chi connectivity index (χ1v) is 6.44. The summed E-state index contributed by atoms with van der Waals surface area (Å²) in [7, 11) is 0. The van der Waals surface area contributed by atoms with Crippen LogP contribution in [0.4, 0.5) is 5.82 Å². The lowest BCUT2D eigenvalue weighted by Crippen LogP contribution is -2.27. The summed E-state index contributed by atoms with van der Waals surface area (Å²) < 4.78 is 1.80. The van der Waals surface area contributed by atoms with Crippen LogP contribution in [0.2, 0.25) is 0 Å². The molecule has 2 aromatic heterocycles. The average Bonchev–Trinajstić information content (AvgIpc) is 3.16. The number of aromatic nitrogens is 2. The van der Waals surface area contributed by atoms with Gasteiger partial charge in [-0.25, -0.2) is 4.98 Å². The molecule has 0 spiro atoms. The van der Waals surface area contributed by atoms with E-state index in [9.17, 15) is 4.79 Å². The highest BCUT2D eigenvalue weighted by Gasteiger charge is 2.26. The minimum absolute atomic E-state index is 0.487. The Morgan fingerprint density at radius 1 is 1.53 bits per heavy atom. The Balaban J connectivity index is 2.05. The molecule has 4 nitrogen and oxygen atoms in total. The van der Waals surface area contributed by atoms with E-state index in [1.807, 2.05) is 29.3 Å². The standard InChI is InChI=1S/C15H15N3O/c1-2-8-17(10-12-6-7-12)15-13(11-19)18-9-4-3-5-14(18)16-15/h1,3-5,9,11-12H,6-8,10H2. The van der Waals surface area contributed by atoms with Gasteiger partial charge in [0.25, 0.3) is 0 Å². The molecule has 0 bridgehead atoms. The van der Waals surface area contributed by atoms with Crippen molar-refractivity contribution in [2.45, 2.75) is 12.8 Å². The number of fused-ring (bicyclic) bond motifs is 1. The lowest BCUT2D eigenvalue weighted by molar-refractivity contribution is 0.111. The molecule has 19 heavy (non-hydrogen) atoms. The second kappa shape index (κ2) is 4.77. The summed E-state index contributed by atoms with van der Waals surface area (Å²) in [6, 6.07) is 5.69. The fraction of sp³-hybridized carbons (Fsp3) is 0.333. The van der Waals surface area contributed by atoms with Crippen molar-refractivity contribution < 1.29 is 4.79 Å². The van der Waals surface area contributed by atoms with Gasteiger partial charge in [0.2, 0.25) is 0 Å². The van der Waals surface area contributed by atoms with Crippen molar-refractivity contribution in [1.82, 2.24) is 9.38 Å². The Morgan fingerprint density at radius 3 is 3.05 bits per heavy atom. The summed E-state index contributed by atoms with van der Waals surface area (Å²) >= 11 is 0. The van der Waals surface area contributed by atoms with E-state index in [1.165, 1.54) is 12.8 Å². The molecule has 3 rings (SSSR count). The number of carbonyl (C=O) groups is 1. The van der Waals surface area contributed by atoms with Crippen molar-refractivity contribution in [3.8, 4) is 12.3 Å². The Hall–Kier alpha value is -2.28. The smallest absolute Gasteiger partial charge is 0.170 e. The molecule has 0 saturated heterocycles. The summed E-state index contributed by atoms with van der Waals surface area (Å²) in [4.78, 5) is 18.0. The number of pyridine rings is 1. The van der Waals surface area contributed by atoms with Gasteiger partial charge in [0.15, 0.2) is 12.1 Å². The van der Waals surface area contributed by atoms with Crippen LogP contribution in [0.3, 0.4) is 0 Å². The zero-order valence-corrected chi connectivity index (χ0v) is 10.6. The van der Waals surface area contributed by atoms with Gasteiger partial charge in [0.05, 0.1) is 6.54 Å². The fourth-order valence-electron chi connectivity index (χ4n) is 2.29. The van der Waals surface area contributed by atoms with E-state index in [1.54, 1.807) is 4.40 Å². The molecule has 1 aliphatic carbocycles. The molecule has 0 unspecified atom stereocenters. The van der Waals surface area contributed by atoms with Crippen LogP contribution in [0.5, 0.6) is 0 Å². The largest absolute Gasteiger partial charge is 0.343 e. The summed E-state index contributed by atoms with van der Waals surface area (Å²) in [5.74, 6) is 4.05. The third-order valence-corrected chi connectivity index (χ3v) is 3.42. The van der Waals surface area contributed by atoms with Crippen LogP contribution >= 0.6 is 0 Å². The van der Waals surface area contributed by atoms with Crippen molar-refractivity contribution in [2.24, 2.45) is 5.92 Å². The van der Waals surface area contributed by atoms with Crippen LogP contribution in [-0.4, -0.2) is 28.8 Å².